The van der Waals surface area contributed by atoms with Gasteiger partial charge in [0.2, 0.25) is 5.91 Å². The first-order chi connectivity index (χ1) is 7.76. The van der Waals surface area contributed by atoms with Gasteiger partial charge in [-0.05, 0) is 36.6 Å². The smallest absolute Gasteiger partial charge is 0.237 e. The zero-order valence-corrected chi connectivity index (χ0v) is 10.8. The molecule has 0 spiro atoms. The second-order valence-electron chi connectivity index (χ2n) is 3.78. The number of ether oxygens (including phenoxy) is 1. The van der Waals surface area contributed by atoms with Crippen LogP contribution in [0.1, 0.15) is 12.0 Å². The molecular formula is C12H14BrNO2. The summed E-state index contributed by atoms with van der Waals surface area (Å²) in [5.41, 5.74) is 2.22. The second-order valence-corrected chi connectivity index (χ2v) is 4.34. The highest BCUT2D eigenvalue weighted by Gasteiger charge is 2.21. The molecule has 0 saturated carbocycles. The first kappa shape index (κ1) is 11.5. The number of halogens is 1. The quantitative estimate of drug-likeness (QED) is 0.780. The first-order valence-corrected chi connectivity index (χ1v) is 6.41. The highest BCUT2D eigenvalue weighted by molar-refractivity contribution is 9.09. The molecule has 0 aromatic heterocycles. The Hall–Kier alpha value is -1.03. The van der Waals surface area contributed by atoms with E-state index in [4.69, 9.17) is 4.74 Å². The number of methoxy groups -OCH3 is 1. The first-order valence-electron chi connectivity index (χ1n) is 5.29. The number of aryl methyl sites for hydroxylation is 1. The van der Waals surface area contributed by atoms with Crippen LogP contribution >= 0.6 is 15.9 Å². The van der Waals surface area contributed by atoms with Crippen molar-refractivity contribution in [3.63, 3.8) is 0 Å². The van der Waals surface area contributed by atoms with E-state index in [9.17, 15) is 4.79 Å². The highest BCUT2D eigenvalue weighted by Crippen LogP contribution is 2.30. The van der Waals surface area contributed by atoms with Gasteiger partial charge in [0.05, 0.1) is 12.4 Å². The summed E-state index contributed by atoms with van der Waals surface area (Å²) in [7, 11) is 1.66. The fourth-order valence-corrected chi connectivity index (χ4v) is 2.33. The van der Waals surface area contributed by atoms with Gasteiger partial charge in [-0.2, -0.15) is 0 Å². The molecule has 0 saturated heterocycles. The van der Waals surface area contributed by atoms with Gasteiger partial charge in [-0.15, -0.1) is 0 Å². The van der Waals surface area contributed by atoms with E-state index in [1.54, 1.807) is 7.11 Å². The largest absolute Gasteiger partial charge is 0.497 e. The maximum absolute atomic E-state index is 11.7. The number of amides is 1. The van der Waals surface area contributed by atoms with Crippen LogP contribution < -0.4 is 9.64 Å². The molecule has 1 aromatic rings. The van der Waals surface area contributed by atoms with Gasteiger partial charge in [0, 0.05) is 12.2 Å². The minimum Gasteiger partial charge on any atom is -0.497 e. The minimum absolute atomic E-state index is 0.117. The maximum Gasteiger partial charge on any atom is 0.237 e. The number of anilines is 1. The van der Waals surface area contributed by atoms with Crippen LogP contribution in [0, 0.1) is 0 Å². The molecule has 1 amide bonds. The van der Waals surface area contributed by atoms with Crippen molar-refractivity contribution in [2.45, 2.75) is 12.8 Å². The van der Waals surface area contributed by atoms with Crippen LogP contribution in [-0.2, 0) is 11.2 Å². The SMILES string of the molecule is COc1ccc2c(c1)CCCN2C(=O)CBr. The third-order valence-corrected chi connectivity index (χ3v) is 3.30. The van der Waals surface area contributed by atoms with Crippen LogP contribution in [0.4, 0.5) is 5.69 Å². The van der Waals surface area contributed by atoms with Crippen molar-refractivity contribution in [1.29, 1.82) is 0 Å². The number of carbonyl (C=O) groups excluding carboxylic acids is 1. The fourth-order valence-electron chi connectivity index (χ4n) is 2.03. The van der Waals surface area contributed by atoms with E-state index >= 15 is 0 Å². The van der Waals surface area contributed by atoms with Gasteiger partial charge in [-0.3, -0.25) is 4.79 Å². The summed E-state index contributed by atoms with van der Waals surface area (Å²) in [6, 6.07) is 5.88. The third-order valence-electron chi connectivity index (χ3n) is 2.82. The Labute approximate surface area is 104 Å². The van der Waals surface area contributed by atoms with Gasteiger partial charge in [-0.25, -0.2) is 0 Å². The molecular weight excluding hydrogens is 270 g/mol. The Morgan fingerprint density at radius 1 is 1.56 bits per heavy atom. The lowest BCUT2D eigenvalue weighted by atomic mass is 10.0. The number of alkyl halides is 1. The molecule has 0 unspecified atom stereocenters. The van der Waals surface area contributed by atoms with Crippen molar-refractivity contribution in [2.24, 2.45) is 0 Å². The number of benzene rings is 1. The standard InChI is InChI=1S/C12H14BrNO2/c1-16-10-4-5-11-9(7-10)3-2-6-14(11)12(15)8-13/h4-5,7H,2-3,6,8H2,1H3. The van der Waals surface area contributed by atoms with Crippen LogP contribution in [0.5, 0.6) is 5.75 Å². The minimum atomic E-state index is 0.117. The van der Waals surface area contributed by atoms with Gasteiger partial charge in [0.15, 0.2) is 0 Å². The average molecular weight is 284 g/mol. The number of carbonyl (C=O) groups is 1. The molecule has 1 aliphatic rings. The zero-order valence-electron chi connectivity index (χ0n) is 9.20. The summed E-state index contributed by atoms with van der Waals surface area (Å²) in [5, 5.41) is 0.373. The highest BCUT2D eigenvalue weighted by atomic mass is 79.9. The van der Waals surface area contributed by atoms with E-state index < -0.39 is 0 Å². The molecule has 0 N–H and O–H groups in total. The lowest BCUT2D eigenvalue weighted by Crippen LogP contribution is -2.36. The second kappa shape index (κ2) is 4.87. The van der Waals surface area contributed by atoms with Gasteiger partial charge in [-0.1, -0.05) is 15.9 Å². The van der Waals surface area contributed by atoms with Crippen molar-refractivity contribution < 1.29 is 9.53 Å². The molecule has 1 aromatic carbocycles. The molecule has 2 rings (SSSR count). The topological polar surface area (TPSA) is 29.5 Å². The van der Waals surface area contributed by atoms with Crippen molar-refractivity contribution in [1.82, 2.24) is 0 Å². The summed E-state index contributed by atoms with van der Waals surface area (Å²) in [6.45, 7) is 0.809. The fraction of sp³-hybridized carbons (Fsp3) is 0.417. The molecule has 3 nitrogen and oxygen atoms in total. The van der Waals surface area contributed by atoms with Gasteiger partial charge in [0.1, 0.15) is 5.75 Å². The lowest BCUT2D eigenvalue weighted by Gasteiger charge is -2.29. The number of fused-ring (bicyclic) bond motifs is 1. The van der Waals surface area contributed by atoms with Gasteiger partial charge < -0.3 is 9.64 Å². The van der Waals surface area contributed by atoms with Crippen molar-refractivity contribution in [3.05, 3.63) is 23.8 Å². The summed E-state index contributed by atoms with van der Waals surface area (Å²) in [5.74, 6) is 0.970. The van der Waals surface area contributed by atoms with E-state index in [0.29, 0.717) is 5.33 Å². The monoisotopic (exact) mass is 283 g/mol. The molecule has 0 fully saturated rings. The molecule has 0 aliphatic carbocycles. The molecule has 1 heterocycles. The van der Waals surface area contributed by atoms with Crippen molar-refractivity contribution in [2.75, 3.05) is 23.9 Å². The maximum atomic E-state index is 11.7. The van der Waals surface area contributed by atoms with Crippen LogP contribution in [-0.4, -0.2) is 24.9 Å². The Balaban J connectivity index is 2.36. The summed E-state index contributed by atoms with van der Waals surface area (Å²) < 4.78 is 5.19. The van der Waals surface area contributed by atoms with Crippen LogP contribution in [0.15, 0.2) is 18.2 Å². The van der Waals surface area contributed by atoms with Crippen molar-refractivity contribution >= 4 is 27.5 Å². The normalized spacial score (nSPS) is 14.5. The van der Waals surface area contributed by atoms with Crippen molar-refractivity contribution in [3.8, 4) is 5.75 Å². The van der Waals surface area contributed by atoms with Gasteiger partial charge in [0.25, 0.3) is 0 Å². The number of hydrogen-bond donors (Lipinski definition) is 0. The molecule has 86 valence electrons. The molecule has 16 heavy (non-hydrogen) atoms. The van der Waals surface area contributed by atoms with E-state index in [1.807, 2.05) is 23.1 Å². The molecule has 4 heteroatoms. The number of rotatable bonds is 2. The molecule has 0 radical (unpaired) electrons. The summed E-state index contributed by atoms with van der Waals surface area (Å²) >= 11 is 3.21. The van der Waals surface area contributed by atoms with Crippen LogP contribution in [0.2, 0.25) is 0 Å². The predicted molar refractivity (Wildman–Crippen MR) is 67.5 cm³/mol. The van der Waals surface area contributed by atoms with Crippen LogP contribution in [0.25, 0.3) is 0 Å². The Bertz CT molecular complexity index is 406. The number of nitrogens with zero attached hydrogens (tertiary/aromatic N) is 1. The Kier molecular flexibility index (Phi) is 3.49. The average Bonchev–Trinajstić information content (AvgIpc) is 2.36. The Morgan fingerprint density at radius 3 is 3.06 bits per heavy atom. The van der Waals surface area contributed by atoms with E-state index in [-0.39, 0.29) is 5.91 Å². The van der Waals surface area contributed by atoms with Crippen LogP contribution in [0.3, 0.4) is 0 Å². The van der Waals surface area contributed by atoms with Gasteiger partial charge >= 0.3 is 0 Å². The third kappa shape index (κ3) is 2.07. The predicted octanol–water partition coefficient (Wildman–Crippen LogP) is 2.37. The summed E-state index contributed by atoms with van der Waals surface area (Å²) in [4.78, 5) is 13.6. The molecule has 1 aliphatic heterocycles. The lowest BCUT2D eigenvalue weighted by molar-refractivity contribution is -0.116. The Morgan fingerprint density at radius 2 is 2.38 bits per heavy atom. The van der Waals surface area contributed by atoms with E-state index in [1.165, 1.54) is 5.56 Å². The van der Waals surface area contributed by atoms with E-state index in [0.717, 1.165) is 30.8 Å². The molecule has 0 atom stereocenters. The summed E-state index contributed by atoms with van der Waals surface area (Å²) in [6.07, 6.45) is 2.03. The number of hydrogen-bond acceptors (Lipinski definition) is 2. The zero-order chi connectivity index (χ0) is 11.5. The van der Waals surface area contributed by atoms with E-state index in [2.05, 4.69) is 15.9 Å². The molecule has 0 bridgehead atoms.